The molecule has 1 unspecified atom stereocenters. The number of carbonyl (C=O) groups excluding carboxylic acids is 1. The lowest BCUT2D eigenvalue weighted by Crippen LogP contribution is -2.60. The number of alkyl halides is 3. The van der Waals surface area contributed by atoms with Crippen LogP contribution in [-0.2, 0) is 22.5 Å². The number of rotatable bonds is 9. The van der Waals surface area contributed by atoms with Gasteiger partial charge >= 0.3 is 6.43 Å². The normalized spacial score (nSPS) is 18.8. The van der Waals surface area contributed by atoms with Crippen LogP contribution in [0, 0.1) is 0 Å². The Bertz CT molecular complexity index is 899. The van der Waals surface area contributed by atoms with Crippen molar-refractivity contribution < 1.29 is 22.7 Å². The first kappa shape index (κ1) is 23.7. The summed E-state index contributed by atoms with van der Waals surface area (Å²) in [5.74, 6) is -1.45. The van der Waals surface area contributed by atoms with E-state index in [2.05, 4.69) is 14.8 Å². The molecule has 4 rings (SSSR count). The van der Waals surface area contributed by atoms with Crippen molar-refractivity contribution in [1.82, 2.24) is 20.1 Å². The molecule has 2 aromatic rings. The lowest BCUT2D eigenvalue weighted by atomic mass is 10.0. The molecule has 2 aliphatic rings. The number of pyridine rings is 1. The van der Waals surface area contributed by atoms with Crippen LogP contribution in [0.5, 0.6) is 0 Å². The number of benzene rings is 1. The number of amides is 1. The molecule has 1 aromatic carbocycles. The zero-order valence-corrected chi connectivity index (χ0v) is 18.4. The van der Waals surface area contributed by atoms with E-state index in [-0.39, 0.29) is 6.42 Å². The zero-order chi connectivity index (χ0) is 23.2. The molecule has 178 valence electrons. The van der Waals surface area contributed by atoms with Gasteiger partial charge in [0.15, 0.2) is 0 Å². The SMILES string of the molecule is O=C(NC(CF)Cc1ccc(-c2ccc(CN3CC(N4CCOCC4)C3)nc2)cc1)C(F)F. The number of likely N-dealkylation sites (tertiary alicyclic amines) is 1. The highest BCUT2D eigenvalue weighted by atomic mass is 19.3. The zero-order valence-electron chi connectivity index (χ0n) is 18.4. The minimum atomic E-state index is -3.15. The molecule has 0 aliphatic carbocycles. The maximum atomic E-state index is 13.1. The molecule has 1 atom stereocenters. The molecular formula is C24H29F3N4O2. The van der Waals surface area contributed by atoms with Gasteiger partial charge in [-0.2, -0.15) is 8.78 Å². The Morgan fingerprint density at radius 1 is 1.09 bits per heavy atom. The number of nitrogens with one attached hydrogen (secondary N) is 1. The first-order valence-corrected chi connectivity index (χ1v) is 11.2. The molecule has 2 aliphatic heterocycles. The highest BCUT2D eigenvalue weighted by Crippen LogP contribution is 2.22. The minimum absolute atomic E-state index is 0.147. The van der Waals surface area contributed by atoms with Gasteiger partial charge in [-0.3, -0.25) is 19.6 Å². The van der Waals surface area contributed by atoms with Crippen molar-refractivity contribution in [2.45, 2.75) is 31.5 Å². The summed E-state index contributed by atoms with van der Waals surface area (Å²) in [5.41, 5.74) is 3.71. The van der Waals surface area contributed by atoms with E-state index in [0.717, 1.165) is 68.3 Å². The number of halogens is 3. The van der Waals surface area contributed by atoms with Gasteiger partial charge in [-0.1, -0.05) is 30.3 Å². The summed E-state index contributed by atoms with van der Waals surface area (Å²) in [6, 6.07) is 11.1. The predicted molar refractivity (Wildman–Crippen MR) is 119 cm³/mol. The summed E-state index contributed by atoms with van der Waals surface area (Å²) in [6.45, 7) is 5.72. The Hall–Kier alpha value is -2.49. The van der Waals surface area contributed by atoms with Crippen molar-refractivity contribution >= 4 is 5.91 Å². The molecule has 1 N–H and O–H groups in total. The third-order valence-corrected chi connectivity index (χ3v) is 6.21. The fourth-order valence-corrected chi connectivity index (χ4v) is 4.29. The van der Waals surface area contributed by atoms with Crippen molar-refractivity contribution in [3.8, 4) is 11.1 Å². The molecule has 1 amide bonds. The van der Waals surface area contributed by atoms with E-state index >= 15 is 0 Å². The molecule has 0 saturated carbocycles. The first-order valence-electron chi connectivity index (χ1n) is 11.2. The van der Waals surface area contributed by atoms with Crippen LogP contribution in [0.1, 0.15) is 11.3 Å². The maximum Gasteiger partial charge on any atom is 0.315 e. The highest BCUT2D eigenvalue weighted by molar-refractivity contribution is 5.79. The van der Waals surface area contributed by atoms with Crippen LogP contribution in [0.4, 0.5) is 13.2 Å². The number of nitrogens with zero attached hydrogens (tertiary/aromatic N) is 3. The quantitative estimate of drug-likeness (QED) is 0.621. The average Bonchev–Trinajstić information content (AvgIpc) is 2.82. The number of hydrogen-bond acceptors (Lipinski definition) is 5. The summed E-state index contributed by atoms with van der Waals surface area (Å²) < 4.78 is 43.3. The van der Waals surface area contributed by atoms with Gasteiger partial charge in [0.1, 0.15) is 6.67 Å². The maximum absolute atomic E-state index is 13.1. The Morgan fingerprint density at radius 3 is 2.39 bits per heavy atom. The van der Waals surface area contributed by atoms with Gasteiger partial charge < -0.3 is 10.1 Å². The molecule has 1 aromatic heterocycles. The molecule has 0 radical (unpaired) electrons. The second-order valence-electron chi connectivity index (χ2n) is 8.60. The number of morpholine rings is 1. The van der Waals surface area contributed by atoms with Crippen molar-refractivity contribution in [2.24, 2.45) is 0 Å². The Labute approximate surface area is 191 Å². The van der Waals surface area contributed by atoms with E-state index < -0.39 is 25.0 Å². The molecule has 2 saturated heterocycles. The fraction of sp³-hybridized carbons (Fsp3) is 0.500. The summed E-state index contributed by atoms with van der Waals surface area (Å²) in [5, 5.41) is 2.03. The second kappa shape index (κ2) is 11.1. The van der Waals surface area contributed by atoms with Crippen LogP contribution in [0.3, 0.4) is 0 Å². The molecular weight excluding hydrogens is 433 g/mol. The average molecular weight is 463 g/mol. The summed E-state index contributed by atoms with van der Waals surface area (Å²) in [6.07, 6.45) is -1.16. The van der Waals surface area contributed by atoms with Gasteiger partial charge in [0, 0.05) is 50.5 Å². The summed E-state index contributed by atoms with van der Waals surface area (Å²) in [7, 11) is 0. The van der Waals surface area contributed by atoms with E-state index in [1.807, 2.05) is 47.9 Å². The fourth-order valence-electron chi connectivity index (χ4n) is 4.29. The molecule has 2 fully saturated rings. The first-order chi connectivity index (χ1) is 16.0. The topological polar surface area (TPSA) is 57.7 Å². The van der Waals surface area contributed by atoms with Crippen molar-refractivity contribution in [2.75, 3.05) is 46.1 Å². The molecule has 9 heteroatoms. The van der Waals surface area contributed by atoms with E-state index in [0.29, 0.717) is 6.04 Å². The van der Waals surface area contributed by atoms with Crippen LogP contribution in [-0.4, -0.2) is 85.3 Å². The van der Waals surface area contributed by atoms with E-state index in [4.69, 9.17) is 4.74 Å². The van der Waals surface area contributed by atoms with Crippen LogP contribution < -0.4 is 5.32 Å². The Morgan fingerprint density at radius 2 is 1.79 bits per heavy atom. The molecule has 0 bridgehead atoms. The number of hydrogen-bond donors (Lipinski definition) is 1. The second-order valence-corrected chi connectivity index (χ2v) is 8.60. The molecule has 33 heavy (non-hydrogen) atoms. The van der Waals surface area contributed by atoms with Gasteiger partial charge in [-0.15, -0.1) is 0 Å². The molecule has 3 heterocycles. The van der Waals surface area contributed by atoms with Crippen molar-refractivity contribution in [3.05, 3.63) is 53.9 Å². The summed E-state index contributed by atoms with van der Waals surface area (Å²) in [4.78, 5) is 20.6. The van der Waals surface area contributed by atoms with Crippen LogP contribution in [0.25, 0.3) is 11.1 Å². The standard InChI is InChI=1S/C24H29F3N4O2/c25-12-21(29-24(32)23(26)27)11-17-1-3-18(4-2-17)19-5-6-20(28-13-19)14-30-15-22(16-30)31-7-9-33-10-8-31/h1-6,13,21-23H,7-12,14-16H2,(H,29,32). The lowest BCUT2D eigenvalue weighted by Gasteiger charge is -2.46. The lowest BCUT2D eigenvalue weighted by molar-refractivity contribution is -0.132. The third-order valence-electron chi connectivity index (χ3n) is 6.21. The Kier molecular flexibility index (Phi) is 7.95. The third kappa shape index (κ3) is 6.31. The van der Waals surface area contributed by atoms with Crippen LogP contribution in [0.2, 0.25) is 0 Å². The van der Waals surface area contributed by atoms with Gasteiger partial charge in [-0.25, -0.2) is 4.39 Å². The predicted octanol–water partition coefficient (Wildman–Crippen LogP) is 2.53. The van der Waals surface area contributed by atoms with Crippen LogP contribution in [0.15, 0.2) is 42.6 Å². The largest absolute Gasteiger partial charge is 0.379 e. The van der Waals surface area contributed by atoms with E-state index in [9.17, 15) is 18.0 Å². The highest BCUT2D eigenvalue weighted by Gasteiger charge is 2.32. The van der Waals surface area contributed by atoms with Crippen molar-refractivity contribution in [3.63, 3.8) is 0 Å². The Balaban J connectivity index is 1.27. The van der Waals surface area contributed by atoms with Gasteiger partial charge in [0.25, 0.3) is 5.91 Å². The van der Waals surface area contributed by atoms with E-state index in [1.54, 1.807) is 0 Å². The number of ether oxygens (including phenoxy) is 1. The van der Waals surface area contributed by atoms with E-state index in [1.165, 1.54) is 0 Å². The van der Waals surface area contributed by atoms with Gasteiger partial charge in [-0.05, 0) is 23.6 Å². The number of carbonyl (C=O) groups is 1. The minimum Gasteiger partial charge on any atom is -0.379 e. The van der Waals surface area contributed by atoms with Gasteiger partial charge in [0.05, 0.1) is 24.9 Å². The smallest absolute Gasteiger partial charge is 0.315 e. The molecule has 0 spiro atoms. The van der Waals surface area contributed by atoms with Crippen molar-refractivity contribution in [1.29, 1.82) is 0 Å². The monoisotopic (exact) mass is 462 g/mol. The van der Waals surface area contributed by atoms with Gasteiger partial charge in [0.2, 0.25) is 0 Å². The summed E-state index contributed by atoms with van der Waals surface area (Å²) >= 11 is 0. The van der Waals surface area contributed by atoms with Crippen LogP contribution >= 0.6 is 0 Å². The number of aromatic nitrogens is 1. The molecule has 6 nitrogen and oxygen atoms in total.